The number of carboxylic acid groups (broad SMARTS) is 1. The van der Waals surface area contributed by atoms with Crippen molar-refractivity contribution in [3.8, 4) is 0 Å². The summed E-state index contributed by atoms with van der Waals surface area (Å²) in [6.45, 7) is 7.40. The summed E-state index contributed by atoms with van der Waals surface area (Å²) in [6, 6.07) is -9.81. The lowest BCUT2D eigenvalue weighted by Crippen LogP contribution is -2.61. The van der Waals surface area contributed by atoms with Gasteiger partial charge >= 0.3 is 5.97 Å². The number of nitrogens with two attached hydrogens (primary N) is 3. The van der Waals surface area contributed by atoms with Gasteiger partial charge in [0.2, 0.25) is 47.3 Å². The maximum absolute atomic E-state index is 13.7. The van der Waals surface area contributed by atoms with Crippen molar-refractivity contribution >= 4 is 65.0 Å². The van der Waals surface area contributed by atoms with Crippen LogP contribution in [-0.4, -0.2) is 173 Å². The van der Waals surface area contributed by atoms with Gasteiger partial charge in [0, 0.05) is 6.54 Å². The van der Waals surface area contributed by atoms with E-state index in [0.717, 1.165) is 0 Å². The molecule has 1 saturated heterocycles. The first-order valence-electron chi connectivity index (χ1n) is 22.2. The van der Waals surface area contributed by atoms with Gasteiger partial charge in [0.05, 0.1) is 25.3 Å². The van der Waals surface area contributed by atoms with Crippen LogP contribution >= 0.6 is 11.8 Å². The van der Waals surface area contributed by atoms with Gasteiger partial charge in [-0.25, -0.2) is 4.79 Å². The highest BCUT2D eigenvalue weighted by Gasteiger charge is 2.38. The Morgan fingerprint density at radius 1 is 0.662 bits per heavy atom. The Kier molecular flexibility index (Phi) is 27.5. The average molecular weight is 946 g/mol. The number of rotatable bonds is 31. The fourth-order valence-electron chi connectivity index (χ4n) is 6.83. The summed E-state index contributed by atoms with van der Waals surface area (Å²) in [5, 5.41) is 47.4. The average Bonchev–Trinajstić information content (AvgIpc) is 3.75. The van der Waals surface area contributed by atoms with Crippen molar-refractivity contribution in [1.82, 2.24) is 42.1 Å². The van der Waals surface area contributed by atoms with E-state index in [4.69, 9.17) is 17.2 Å². The number of likely N-dealkylation sites (tertiary alicyclic amines) is 1. The van der Waals surface area contributed by atoms with E-state index in [0.29, 0.717) is 57.4 Å². The van der Waals surface area contributed by atoms with E-state index >= 15 is 0 Å². The van der Waals surface area contributed by atoms with Gasteiger partial charge in [0.1, 0.15) is 42.3 Å². The molecule has 372 valence electrons. The summed E-state index contributed by atoms with van der Waals surface area (Å²) in [5.74, 6) is -7.91. The predicted octanol–water partition coefficient (Wildman–Crippen LogP) is -3.89. The van der Waals surface area contributed by atoms with Gasteiger partial charge in [0.15, 0.2) is 0 Å². The molecule has 0 saturated carbocycles. The van der Waals surface area contributed by atoms with Gasteiger partial charge in [-0.2, -0.15) is 11.8 Å². The third-order valence-electron chi connectivity index (χ3n) is 10.8. The van der Waals surface area contributed by atoms with Gasteiger partial charge in [-0.15, -0.1) is 0 Å². The zero-order valence-corrected chi connectivity index (χ0v) is 39.4. The number of aliphatic hydroxyl groups is 2. The first-order chi connectivity index (χ1) is 30.6. The van der Waals surface area contributed by atoms with Crippen LogP contribution in [0.5, 0.6) is 0 Å². The molecule has 1 rings (SSSR count). The van der Waals surface area contributed by atoms with Crippen LogP contribution in [0.15, 0.2) is 0 Å². The molecule has 0 aromatic rings. The van der Waals surface area contributed by atoms with Crippen LogP contribution < -0.4 is 54.4 Å². The molecule has 0 aromatic carbocycles. The molecule has 9 atom stereocenters. The second kappa shape index (κ2) is 30.6. The van der Waals surface area contributed by atoms with Gasteiger partial charge < -0.3 is 74.6 Å². The normalized spacial score (nSPS) is 17.4. The van der Waals surface area contributed by atoms with Crippen molar-refractivity contribution in [2.75, 3.05) is 44.8 Å². The largest absolute Gasteiger partial charge is 0.480 e. The lowest BCUT2D eigenvalue weighted by Gasteiger charge is -2.29. The fraction of sp³-hybridized carbons (Fsp3) is 0.780. The van der Waals surface area contributed by atoms with Gasteiger partial charge in [-0.05, 0) is 95.2 Å². The van der Waals surface area contributed by atoms with Gasteiger partial charge in [0.25, 0.3) is 0 Å². The predicted molar refractivity (Wildman–Crippen MR) is 242 cm³/mol. The van der Waals surface area contributed by atoms with E-state index in [-0.39, 0.29) is 31.7 Å². The molecule has 0 bridgehead atoms. The molecule has 24 heteroatoms. The Labute approximate surface area is 385 Å². The number of aliphatic hydroxyl groups excluding tert-OH is 2. The number of carboxylic acids is 1. The van der Waals surface area contributed by atoms with Crippen LogP contribution in [0.2, 0.25) is 0 Å². The number of nitrogens with zero attached hydrogens (tertiary/aromatic N) is 1. The van der Waals surface area contributed by atoms with E-state index in [2.05, 4.69) is 37.2 Å². The second-order valence-corrected chi connectivity index (χ2v) is 17.8. The minimum absolute atomic E-state index is 0.0757. The molecule has 1 heterocycles. The highest BCUT2D eigenvalue weighted by Crippen LogP contribution is 2.18. The van der Waals surface area contributed by atoms with Crippen LogP contribution in [0.1, 0.15) is 92.4 Å². The van der Waals surface area contributed by atoms with E-state index in [1.54, 1.807) is 34.0 Å². The van der Waals surface area contributed by atoms with Crippen LogP contribution in [-0.2, 0) is 43.2 Å². The van der Waals surface area contributed by atoms with Crippen LogP contribution in [0.3, 0.4) is 0 Å². The van der Waals surface area contributed by atoms with Crippen molar-refractivity contribution < 1.29 is 58.5 Å². The number of unbranched alkanes of at least 4 members (excludes halogenated alkanes) is 2. The van der Waals surface area contributed by atoms with E-state index in [1.807, 2.05) is 0 Å². The first-order valence-corrected chi connectivity index (χ1v) is 23.6. The number of carbonyl (C=O) groups is 9. The highest BCUT2D eigenvalue weighted by atomic mass is 32.2. The summed E-state index contributed by atoms with van der Waals surface area (Å²) in [5.41, 5.74) is 17.0. The summed E-state index contributed by atoms with van der Waals surface area (Å²) < 4.78 is 0. The zero-order chi connectivity index (χ0) is 49.4. The SMILES string of the molecule is CSCC[C@H](NC(=O)[C@@H](NC(=O)[C@@H](NC(=O)[C@@H](N)CCCCN)C(C)C)C(C)C)C(=O)N[C@H](C(=O)NCC(=O)N1CCC[C@H]1C(=O)N[C@@H](CO)C(=O)N[C@@H](CCCCN)C(=O)O)[C@@H](C)O. The third-order valence-corrected chi connectivity index (χ3v) is 11.4. The smallest absolute Gasteiger partial charge is 0.326 e. The van der Waals surface area contributed by atoms with Crippen molar-refractivity contribution in [2.24, 2.45) is 29.0 Å². The van der Waals surface area contributed by atoms with Crippen molar-refractivity contribution in [1.29, 1.82) is 0 Å². The molecule has 0 radical (unpaired) electrons. The topological polar surface area (TPSA) is 380 Å². The maximum atomic E-state index is 13.7. The number of amides is 8. The molecule has 1 aliphatic rings. The molecule has 65 heavy (non-hydrogen) atoms. The standard InChI is InChI=1S/C41H75N11O12S/c1-22(2)31(50-40(62)32(23(3)4)49-34(56)25(44)12-7-9-16-42)39(61)46-26(15-19-65-6)35(57)51-33(24(5)54)38(60)45-20-30(55)52-18-11-14-29(52)37(59)48-28(21-53)36(58)47-27(41(63)64)13-8-10-17-43/h22-29,31-33,53-54H,7-21,42-44H2,1-6H3,(H,45,60)(H,46,61)(H,47,58)(H,48,59)(H,49,56)(H,50,62)(H,51,57)(H,63,64)/t24-,25+,26+,27+,28+,29+,31+,32+,33+/m1/s1. The number of hydrogen-bond acceptors (Lipinski definition) is 15. The summed E-state index contributed by atoms with van der Waals surface area (Å²) in [6.07, 6.45) is 3.64. The molecule has 0 spiro atoms. The monoisotopic (exact) mass is 946 g/mol. The Morgan fingerprint density at radius 3 is 1.71 bits per heavy atom. The van der Waals surface area contributed by atoms with Gasteiger partial charge in [-0.1, -0.05) is 34.1 Å². The summed E-state index contributed by atoms with van der Waals surface area (Å²) in [4.78, 5) is 119. The minimum Gasteiger partial charge on any atom is -0.480 e. The molecular formula is C41H75N11O12S. The highest BCUT2D eigenvalue weighted by molar-refractivity contribution is 7.98. The molecule has 8 amide bonds. The molecular weight excluding hydrogens is 871 g/mol. The van der Waals surface area contributed by atoms with Crippen molar-refractivity contribution in [3.63, 3.8) is 0 Å². The van der Waals surface area contributed by atoms with Crippen LogP contribution in [0, 0.1) is 11.8 Å². The number of carbonyl (C=O) groups excluding carboxylic acids is 8. The summed E-state index contributed by atoms with van der Waals surface area (Å²) >= 11 is 1.38. The fourth-order valence-corrected chi connectivity index (χ4v) is 7.31. The lowest BCUT2D eigenvalue weighted by atomic mass is 9.98. The molecule has 16 N–H and O–H groups in total. The Hall–Kier alpha value is -4.62. The van der Waals surface area contributed by atoms with Crippen LogP contribution in [0.25, 0.3) is 0 Å². The van der Waals surface area contributed by atoms with E-state index in [9.17, 15) is 58.5 Å². The van der Waals surface area contributed by atoms with Crippen molar-refractivity contribution in [3.05, 3.63) is 0 Å². The number of aliphatic carboxylic acids is 1. The Morgan fingerprint density at radius 2 is 1.18 bits per heavy atom. The molecule has 0 unspecified atom stereocenters. The third kappa shape index (κ3) is 20.2. The lowest BCUT2D eigenvalue weighted by molar-refractivity contribution is -0.143. The number of hydrogen-bond donors (Lipinski definition) is 13. The molecule has 1 fully saturated rings. The summed E-state index contributed by atoms with van der Waals surface area (Å²) in [7, 11) is 0. The molecule has 0 aromatic heterocycles. The first kappa shape index (κ1) is 58.4. The Balaban J connectivity index is 3.03. The van der Waals surface area contributed by atoms with Crippen LogP contribution in [0.4, 0.5) is 0 Å². The minimum atomic E-state index is -1.60. The zero-order valence-electron chi connectivity index (χ0n) is 38.6. The second-order valence-electron chi connectivity index (χ2n) is 16.8. The van der Waals surface area contributed by atoms with E-state index in [1.165, 1.54) is 23.6 Å². The number of thioether (sulfide) groups is 1. The van der Waals surface area contributed by atoms with Crippen molar-refractivity contribution in [2.45, 2.75) is 147 Å². The molecule has 1 aliphatic heterocycles. The Bertz CT molecular complexity index is 1590. The number of nitrogens with one attached hydrogen (secondary N) is 7. The molecule has 23 nitrogen and oxygen atoms in total. The van der Waals surface area contributed by atoms with Gasteiger partial charge in [-0.3, -0.25) is 38.4 Å². The maximum Gasteiger partial charge on any atom is 0.326 e. The molecule has 0 aliphatic carbocycles. The quantitative estimate of drug-likeness (QED) is 0.0296. The van der Waals surface area contributed by atoms with E-state index < -0.39 is 127 Å².